The van der Waals surface area contributed by atoms with Gasteiger partial charge in [0.1, 0.15) is 6.04 Å². The lowest BCUT2D eigenvalue weighted by Gasteiger charge is -3.08. The van der Waals surface area contributed by atoms with E-state index in [2.05, 4.69) is 0 Å². The molecule has 74 valence electrons. The highest BCUT2D eigenvalue weighted by molar-refractivity contribution is 5.73. The Morgan fingerprint density at radius 3 is 2.14 bits per heavy atom. The maximum Gasteiger partial charge on any atom is 0.320 e. The molecule has 6 rings (SSSR count). The number of carboxylic acid groups (broad SMARTS) is 1. The maximum atomic E-state index is 10.7. The molecule has 0 aliphatic heterocycles. The number of hydrogen-bond donors (Lipinski definition) is 2. The van der Waals surface area contributed by atoms with Gasteiger partial charge in [-0.15, -0.1) is 0 Å². The van der Waals surface area contributed by atoms with Crippen molar-refractivity contribution in [2.75, 3.05) is 0 Å². The van der Waals surface area contributed by atoms with Gasteiger partial charge in [-0.05, 0) is 53.3 Å². The van der Waals surface area contributed by atoms with E-state index in [1.165, 1.54) is 0 Å². The van der Waals surface area contributed by atoms with Crippen LogP contribution >= 0.6 is 0 Å². The summed E-state index contributed by atoms with van der Waals surface area (Å²) in [5.74, 6) is 6.20. The van der Waals surface area contributed by atoms with Crippen LogP contribution in [0.5, 0.6) is 0 Å². The van der Waals surface area contributed by atoms with Crippen LogP contribution in [0.15, 0.2) is 0 Å². The van der Waals surface area contributed by atoms with Gasteiger partial charge in [-0.3, -0.25) is 4.79 Å². The summed E-state index contributed by atoms with van der Waals surface area (Å²) in [6, 6.07) is -0.597. The molecule has 14 heavy (non-hydrogen) atoms. The lowest BCUT2D eigenvalue weighted by atomic mass is 8.96. The molecular weight excluding hydrogens is 178 g/mol. The van der Waals surface area contributed by atoms with Crippen molar-refractivity contribution in [1.29, 1.82) is 0 Å². The molecule has 1 atom stereocenters. The van der Waals surface area contributed by atoms with E-state index in [-0.39, 0.29) is 0 Å². The number of nitrogens with two attached hydrogens (primary N) is 1. The Kier molecular flexibility index (Phi) is 0.709. The minimum atomic E-state index is -0.807. The van der Waals surface area contributed by atoms with Crippen LogP contribution < -0.4 is 5.73 Å². The van der Waals surface area contributed by atoms with Crippen LogP contribution in [0.3, 0.4) is 0 Å². The molecule has 0 saturated heterocycles. The zero-order valence-corrected chi connectivity index (χ0v) is 7.76. The molecule has 6 saturated carbocycles. The molecule has 0 bridgehead atoms. The van der Waals surface area contributed by atoms with Gasteiger partial charge in [-0.1, -0.05) is 0 Å². The van der Waals surface area contributed by atoms with Crippen molar-refractivity contribution in [3.05, 3.63) is 0 Å². The number of rotatable bonds is 3. The van der Waals surface area contributed by atoms with Crippen LogP contribution in [0.2, 0.25) is 0 Å². The molecule has 0 aromatic carbocycles. The van der Waals surface area contributed by atoms with Crippen LogP contribution in [0.25, 0.3) is 0 Å². The summed E-state index contributed by atoms with van der Waals surface area (Å²) in [4.78, 5) is 10.7. The first kappa shape index (κ1) is 6.83. The Balaban J connectivity index is 1.45. The van der Waals surface area contributed by atoms with Gasteiger partial charge in [0, 0.05) is 0 Å². The second-order valence-electron chi connectivity index (χ2n) is 6.15. The second kappa shape index (κ2) is 1.45. The Morgan fingerprint density at radius 1 is 1.21 bits per heavy atom. The van der Waals surface area contributed by atoms with E-state index in [0.717, 1.165) is 47.8 Å². The second-order valence-corrected chi connectivity index (χ2v) is 6.15. The Labute approximate surface area is 81.7 Å². The van der Waals surface area contributed by atoms with Crippen LogP contribution in [0.1, 0.15) is 6.42 Å². The van der Waals surface area contributed by atoms with E-state index in [4.69, 9.17) is 10.8 Å². The zero-order valence-electron chi connectivity index (χ0n) is 7.76. The Bertz CT molecular complexity index is 340. The number of hydrogen-bond acceptors (Lipinski definition) is 2. The van der Waals surface area contributed by atoms with Crippen molar-refractivity contribution in [1.82, 2.24) is 0 Å². The third-order valence-electron chi connectivity index (χ3n) is 6.57. The molecule has 6 aliphatic rings. The normalized spacial score (nSPS) is 74.2. The molecule has 0 heterocycles. The third-order valence-corrected chi connectivity index (χ3v) is 6.57. The molecular formula is C11H13NO2. The fourth-order valence-corrected chi connectivity index (χ4v) is 6.55. The molecule has 1 unspecified atom stereocenters. The predicted octanol–water partition coefficient (Wildman–Crippen LogP) is 0.156. The molecule has 0 aromatic heterocycles. The van der Waals surface area contributed by atoms with Crippen molar-refractivity contribution in [3.63, 3.8) is 0 Å². The summed E-state index contributed by atoms with van der Waals surface area (Å²) in [5.41, 5.74) is 6.12. The number of aliphatic carboxylic acids is 1. The molecule has 6 aliphatic carbocycles. The minimum absolute atomic E-state index is 0.465. The molecule has 0 radical (unpaired) electrons. The largest absolute Gasteiger partial charge is 0.480 e. The van der Waals surface area contributed by atoms with Gasteiger partial charge in [-0.25, -0.2) is 0 Å². The summed E-state index contributed by atoms with van der Waals surface area (Å²) in [6.45, 7) is 0. The maximum absolute atomic E-state index is 10.7. The molecule has 0 amide bonds. The van der Waals surface area contributed by atoms with E-state index in [0.29, 0.717) is 5.41 Å². The van der Waals surface area contributed by atoms with E-state index in [9.17, 15) is 4.79 Å². The highest BCUT2D eigenvalue weighted by atomic mass is 16.4. The smallest absolute Gasteiger partial charge is 0.320 e. The van der Waals surface area contributed by atoms with Gasteiger partial charge in [0.05, 0.1) is 0 Å². The van der Waals surface area contributed by atoms with Gasteiger partial charge < -0.3 is 10.8 Å². The van der Waals surface area contributed by atoms with Crippen molar-refractivity contribution < 1.29 is 9.90 Å². The summed E-state index contributed by atoms with van der Waals surface area (Å²) < 4.78 is 0. The number of carboxylic acids is 1. The van der Waals surface area contributed by atoms with E-state index >= 15 is 0 Å². The first-order chi connectivity index (χ1) is 6.69. The molecule has 3 heteroatoms. The molecule has 3 nitrogen and oxygen atoms in total. The van der Waals surface area contributed by atoms with Gasteiger partial charge in [-0.2, -0.15) is 0 Å². The highest BCUT2D eigenvalue weighted by Gasteiger charge is 3.03. The lowest BCUT2D eigenvalue weighted by Crippen LogP contribution is -3.05. The van der Waals surface area contributed by atoms with Crippen molar-refractivity contribution in [2.24, 2.45) is 52.6 Å². The van der Waals surface area contributed by atoms with Crippen LogP contribution in [-0.2, 0) is 4.79 Å². The monoisotopic (exact) mass is 191 g/mol. The van der Waals surface area contributed by atoms with E-state index in [1.54, 1.807) is 0 Å². The summed E-state index contributed by atoms with van der Waals surface area (Å²) in [7, 11) is 0. The standard InChI is InChI=1S/C11H13NO2/c12-2(10(13)14)1-11-7-4-3-5(7)9(11)6(3)8(4)11/h2-9H,1,12H2,(H,13,14). The van der Waals surface area contributed by atoms with Crippen LogP contribution in [-0.4, -0.2) is 17.1 Å². The van der Waals surface area contributed by atoms with Gasteiger partial charge in [0.2, 0.25) is 0 Å². The highest BCUT2D eigenvalue weighted by Crippen LogP contribution is 3.06. The lowest BCUT2D eigenvalue weighted by molar-refractivity contribution is -0.616. The van der Waals surface area contributed by atoms with Crippen molar-refractivity contribution in [2.45, 2.75) is 12.5 Å². The topological polar surface area (TPSA) is 63.3 Å². The van der Waals surface area contributed by atoms with E-state index < -0.39 is 12.0 Å². The summed E-state index contributed by atoms with van der Waals surface area (Å²) in [5, 5.41) is 8.83. The molecule has 6 fully saturated rings. The molecule has 0 spiro atoms. The first-order valence-electron chi connectivity index (χ1n) is 5.68. The SMILES string of the molecule is NC(CC12C3C4C5C3C1C5C42)C(=O)O. The average Bonchev–Trinajstić information content (AvgIpc) is 2.18. The summed E-state index contributed by atoms with van der Waals surface area (Å²) in [6.07, 6.45) is 0.776. The zero-order chi connectivity index (χ0) is 9.40. The van der Waals surface area contributed by atoms with Gasteiger partial charge in [0.15, 0.2) is 0 Å². The van der Waals surface area contributed by atoms with Gasteiger partial charge in [0.25, 0.3) is 0 Å². The molecule has 3 N–H and O–H groups in total. The van der Waals surface area contributed by atoms with Crippen LogP contribution in [0.4, 0.5) is 0 Å². The Morgan fingerprint density at radius 2 is 1.71 bits per heavy atom. The predicted molar refractivity (Wildman–Crippen MR) is 47.1 cm³/mol. The first-order valence-corrected chi connectivity index (χ1v) is 5.68. The quantitative estimate of drug-likeness (QED) is 0.667. The van der Waals surface area contributed by atoms with Crippen LogP contribution in [0, 0.1) is 46.8 Å². The van der Waals surface area contributed by atoms with E-state index in [1.807, 2.05) is 0 Å². The summed E-state index contributed by atoms with van der Waals surface area (Å²) >= 11 is 0. The molecule has 0 aromatic rings. The fourth-order valence-electron chi connectivity index (χ4n) is 6.55. The fraction of sp³-hybridized carbons (Fsp3) is 0.909. The number of carbonyl (C=O) groups is 1. The van der Waals surface area contributed by atoms with Crippen molar-refractivity contribution in [3.8, 4) is 0 Å². The average molecular weight is 191 g/mol. The van der Waals surface area contributed by atoms with Gasteiger partial charge >= 0.3 is 5.97 Å². The Hall–Kier alpha value is -0.570. The third kappa shape index (κ3) is 0.319. The van der Waals surface area contributed by atoms with Crippen molar-refractivity contribution >= 4 is 5.97 Å². The minimum Gasteiger partial charge on any atom is -0.480 e.